The molecule has 1 unspecified atom stereocenters. The molecule has 1 atom stereocenters. The van der Waals surface area contributed by atoms with E-state index in [2.05, 4.69) is 6.07 Å². The smallest absolute Gasteiger partial charge is 0.304 e. The second kappa shape index (κ2) is 11.0. The van der Waals surface area contributed by atoms with Crippen LogP contribution >= 0.6 is 0 Å². The summed E-state index contributed by atoms with van der Waals surface area (Å²) in [4.78, 5) is 27.0. The molecule has 3 aromatic carbocycles. The third-order valence-electron chi connectivity index (χ3n) is 7.23. The minimum absolute atomic E-state index is 0.0357. The van der Waals surface area contributed by atoms with E-state index in [-0.39, 0.29) is 18.2 Å². The highest BCUT2D eigenvalue weighted by molar-refractivity contribution is 5.94. The summed E-state index contributed by atoms with van der Waals surface area (Å²) >= 11 is 0. The van der Waals surface area contributed by atoms with Crippen molar-refractivity contribution in [1.82, 2.24) is 4.90 Å². The summed E-state index contributed by atoms with van der Waals surface area (Å²) in [6.45, 7) is 2.05. The molecule has 0 aromatic heterocycles. The van der Waals surface area contributed by atoms with Crippen LogP contribution in [0.15, 0.2) is 72.8 Å². The first kappa shape index (κ1) is 25.4. The molecule has 7 bridgehead atoms. The Kier molecular flexibility index (Phi) is 7.33. The maximum absolute atomic E-state index is 13.3. The summed E-state index contributed by atoms with van der Waals surface area (Å²) in [5.74, 6) is 5.66. The van der Waals surface area contributed by atoms with E-state index in [4.69, 9.17) is 16.3 Å². The van der Waals surface area contributed by atoms with Gasteiger partial charge in [-0.25, -0.2) is 5.84 Å². The van der Waals surface area contributed by atoms with Crippen molar-refractivity contribution in [2.75, 3.05) is 30.4 Å². The fourth-order valence-corrected chi connectivity index (χ4v) is 5.16. The van der Waals surface area contributed by atoms with Gasteiger partial charge in [0.1, 0.15) is 12.4 Å². The molecule has 8 rings (SSSR count). The summed E-state index contributed by atoms with van der Waals surface area (Å²) in [7, 11) is 0. The zero-order chi connectivity index (χ0) is 26.6. The first-order valence-electron chi connectivity index (χ1n) is 12.8. The van der Waals surface area contributed by atoms with E-state index in [0.717, 1.165) is 23.1 Å². The third kappa shape index (κ3) is 5.50. The second-order valence-electron chi connectivity index (χ2n) is 9.76. The van der Waals surface area contributed by atoms with Crippen molar-refractivity contribution in [2.45, 2.75) is 31.7 Å². The minimum atomic E-state index is -0.895. The number of aliphatic carboxylic acids is 1. The Morgan fingerprint density at radius 3 is 2.50 bits per heavy atom. The van der Waals surface area contributed by atoms with E-state index in [0.29, 0.717) is 55.3 Å². The van der Waals surface area contributed by atoms with Crippen molar-refractivity contribution in [3.05, 3.63) is 101 Å². The van der Waals surface area contributed by atoms with Gasteiger partial charge in [0.25, 0.3) is 5.91 Å². The lowest BCUT2D eigenvalue weighted by Crippen LogP contribution is -2.36. The summed E-state index contributed by atoms with van der Waals surface area (Å²) in [5, 5.41) is 11.3. The zero-order valence-electron chi connectivity index (χ0n) is 21.2. The van der Waals surface area contributed by atoms with Crippen LogP contribution in [0.4, 0.5) is 11.4 Å². The highest BCUT2D eigenvalue weighted by atomic mass is 16.5. The lowest BCUT2D eigenvalue weighted by Gasteiger charge is -2.30. The number of carbonyl (C=O) groups excluding carboxylic acids is 1. The first-order chi connectivity index (χ1) is 18.4. The number of carboxylic acids is 1. The van der Waals surface area contributed by atoms with Gasteiger partial charge in [0, 0.05) is 31.1 Å². The van der Waals surface area contributed by atoms with Gasteiger partial charge < -0.3 is 25.5 Å². The van der Waals surface area contributed by atoms with E-state index in [1.807, 2.05) is 59.5 Å². The number of amides is 1. The number of hydrogen-bond acceptors (Lipinski definition) is 6. The number of ether oxygens (including phenoxy) is 1. The first-order valence-corrected chi connectivity index (χ1v) is 12.8. The van der Waals surface area contributed by atoms with E-state index in [1.165, 1.54) is 5.56 Å². The number of hydrogen-bond donors (Lipinski definition) is 3. The molecule has 8 heteroatoms. The predicted octanol–water partition coefficient (Wildman–Crippen LogP) is 4.09. The van der Waals surface area contributed by atoms with Crippen molar-refractivity contribution in [3.63, 3.8) is 0 Å². The zero-order valence-corrected chi connectivity index (χ0v) is 21.2. The van der Waals surface area contributed by atoms with Crippen molar-refractivity contribution in [2.24, 2.45) is 5.84 Å². The Morgan fingerprint density at radius 1 is 0.974 bits per heavy atom. The van der Waals surface area contributed by atoms with E-state index >= 15 is 0 Å². The molecular weight excluding hydrogens is 480 g/mol. The summed E-state index contributed by atoms with van der Waals surface area (Å²) in [5.41, 5.74) is 12.1. The average molecular weight is 513 g/mol. The minimum Gasteiger partial charge on any atom is -0.490 e. The Hall–Kier alpha value is -4.30. The molecule has 3 aromatic rings. The van der Waals surface area contributed by atoms with E-state index < -0.39 is 5.97 Å². The number of hydrazine groups is 1. The van der Waals surface area contributed by atoms with Gasteiger partial charge in [-0.15, -0.1) is 0 Å². The Morgan fingerprint density at radius 2 is 1.74 bits per heavy atom. The van der Waals surface area contributed by atoms with Gasteiger partial charge in [0.2, 0.25) is 0 Å². The molecule has 1 amide bonds. The molecule has 5 aliphatic heterocycles. The number of carboxylic acid groups (broad SMARTS) is 1. The SMILES string of the molecule is Nc1cc2ccc1N(N)CC/C=C/COc1ccc(cc1)C(=O)N1CCc3ccc(cc3C1)C2CC(=O)O. The normalized spacial score (nSPS) is 18.6. The van der Waals surface area contributed by atoms with Crippen molar-refractivity contribution in [1.29, 1.82) is 0 Å². The largest absolute Gasteiger partial charge is 0.490 e. The van der Waals surface area contributed by atoms with Crippen molar-refractivity contribution >= 4 is 23.3 Å². The van der Waals surface area contributed by atoms with E-state index in [1.54, 1.807) is 17.1 Å². The third-order valence-corrected chi connectivity index (χ3v) is 7.23. The Balaban J connectivity index is 1.53. The number of nitrogen functional groups attached to an aromatic ring is 1. The number of carbonyl (C=O) groups is 2. The molecule has 0 aliphatic carbocycles. The van der Waals surface area contributed by atoms with Crippen LogP contribution in [-0.4, -0.2) is 41.6 Å². The number of benzene rings is 3. The number of rotatable bonds is 2. The average Bonchev–Trinajstić information content (AvgIpc) is 2.92. The Labute approximate surface area is 222 Å². The Bertz CT molecular complexity index is 1370. The molecule has 196 valence electrons. The molecule has 5 heterocycles. The van der Waals surface area contributed by atoms with Crippen LogP contribution in [-0.2, 0) is 17.8 Å². The summed E-state index contributed by atoms with van der Waals surface area (Å²) < 4.78 is 5.78. The van der Waals surface area contributed by atoms with Crippen molar-refractivity contribution < 1.29 is 19.4 Å². The highest BCUT2D eigenvalue weighted by Gasteiger charge is 2.25. The fourth-order valence-electron chi connectivity index (χ4n) is 5.16. The van der Waals surface area contributed by atoms with Gasteiger partial charge in [-0.3, -0.25) is 9.59 Å². The fraction of sp³-hybridized carbons (Fsp3) is 0.267. The van der Waals surface area contributed by atoms with Gasteiger partial charge in [-0.2, -0.15) is 0 Å². The van der Waals surface area contributed by atoms with Crippen LogP contribution in [0.1, 0.15) is 51.4 Å². The maximum Gasteiger partial charge on any atom is 0.304 e. The maximum atomic E-state index is 13.3. The molecule has 8 nitrogen and oxygen atoms in total. The van der Waals surface area contributed by atoms with Crippen LogP contribution in [0.5, 0.6) is 5.75 Å². The standard InChI is InChI=1S/C30H32N4O4/c31-27-17-23-8-11-28(27)34(32)13-2-1-3-15-38-25-9-6-21(7-10-25)30(37)33-14-12-20-4-5-22(16-24(20)19-33)26(23)18-29(35)36/h1,3-11,16-17,26H,2,12-15,18-19,31-32H2,(H,35,36)/b3-1+. The van der Waals surface area contributed by atoms with Crippen LogP contribution in [0.2, 0.25) is 0 Å². The van der Waals surface area contributed by atoms with E-state index in [9.17, 15) is 14.7 Å². The van der Waals surface area contributed by atoms with Crippen LogP contribution < -0.4 is 21.3 Å². The molecular formula is C30H32N4O4. The lowest BCUT2D eigenvalue weighted by molar-refractivity contribution is -0.137. The molecule has 0 saturated heterocycles. The molecule has 0 fully saturated rings. The van der Waals surface area contributed by atoms with Crippen molar-refractivity contribution in [3.8, 4) is 5.75 Å². The molecule has 0 spiro atoms. The topological polar surface area (TPSA) is 122 Å². The van der Waals surface area contributed by atoms with Gasteiger partial charge in [-0.1, -0.05) is 36.4 Å². The van der Waals surface area contributed by atoms with Crippen LogP contribution in [0.25, 0.3) is 0 Å². The molecule has 5 N–H and O–H groups in total. The molecule has 5 aliphatic rings. The van der Waals surface area contributed by atoms with Crippen LogP contribution in [0, 0.1) is 0 Å². The van der Waals surface area contributed by atoms with Gasteiger partial charge >= 0.3 is 5.97 Å². The molecule has 0 saturated carbocycles. The second-order valence-corrected chi connectivity index (χ2v) is 9.76. The predicted molar refractivity (Wildman–Crippen MR) is 147 cm³/mol. The van der Waals surface area contributed by atoms with Gasteiger partial charge in [-0.05, 0) is 71.5 Å². The lowest BCUT2D eigenvalue weighted by atomic mass is 9.85. The monoisotopic (exact) mass is 512 g/mol. The van der Waals surface area contributed by atoms with Crippen LogP contribution in [0.3, 0.4) is 0 Å². The van der Waals surface area contributed by atoms with Gasteiger partial charge in [0.15, 0.2) is 0 Å². The highest BCUT2D eigenvalue weighted by Crippen LogP contribution is 2.34. The number of nitrogens with two attached hydrogens (primary N) is 2. The summed E-state index contributed by atoms with van der Waals surface area (Å²) in [6, 6.07) is 18.9. The molecule has 0 radical (unpaired) electrons. The van der Waals surface area contributed by atoms with Gasteiger partial charge in [0.05, 0.1) is 17.8 Å². The summed E-state index contributed by atoms with van der Waals surface area (Å²) in [6.07, 6.45) is 5.29. The number of anilines is 2. The quantitative estimate of drug-likeness (QED) is 0.269. The molecule has 38 heavy (non-hydrogen) atoms. The number of nitrogens with zero attached hydrogens (tertiary/aromatic N) is 2.